The van der Waals surface area contributed by atoms with Crippen molar-refractivity contribution in [1.82, 2.24) is 0 Å². The third-order valence-electron chi connectivity index (χ3n) is 2.88. The molecule has 0 aromatic heterocycles. The number of benzene rings is 1. The van der Waals surface area contributed by atoms with Gasteiger partial charge in [0.2, 0.25) is 0 Å². The lowest BCUT2D eigenvalue weighted by atomic mass is 10.00. The van der Waals surface area contributed by atoms with E-state index in [0.29, 0.717) is 11.5 Å². The smallest absolute Gasteiger partial charge is 0.166 e. The first kappa shape index (κ1) is 15.2. The van der Waals surface area contributed by atoms with Crippen LogP contribution >= 0.6 is 0 Å². The summed E-state index contributed by atoms with van der Waals surface area (Å²) in [6.07, 6.45) is 9.47. The predicted molar refractivity (Wildman–Crippen MR) is 79.5 cm³/mol. The first-order valence-electron chi connectivity index (χ1n) is 6.44. The van der Waals surface area contributed by atoms with Gasteiger partial charge in [-0.25, -0.2) is 0 Å². The lowest BCUT2D eigenvalue weighted by Gasteiger charge is -2.26. The van der Waals surface area contributed by atoms with Crippen molar-refractivity contribution < 1.29 is 9.47 Å². The fourth-order valence-corrected chi connectivity index (χ4v) is 1.73. The molecule has 0 bridgehead atoms. The minimum absolute atomic E-state index is 0.624. The summed E-state index contributed by atoms with van der Waals surface area (Å²) in [7, 11) is 1.62. The summed E-state index contributed by atoms with van der Waals surface area (Å²) >= 11 is 0. The molecule has 1 unspecified atom stereocenters. The Bertz CT molecular complexity index is 478. The van der Waals surface area contributed by atoms with Crippen molar-refractivity contribution in [3.63, 3.8) is 0 Å². The van der Waals surface area contributed by atoms with Crippen molar-refractivity contribution in [1.29, 1.82) is 0 Å². The minimum Gasteiger partial charge on any atom is -0.493 e. The van der Waals surface area contributed by atoms with Crippen molar-refractivity contribution in [2.24, 2.45) is 0 Å². The summed E-state index contributed by atoms with van der Waals surface area (Å²) in [6, 6.07) is 7.55. The Morgan fingerprint density at radius 3 is 2.47 bits per heavy atom. The Kier molecular flexibility index (Phi) is 5.51. The van der Waals surface area contributed by atoms with Crippen LogP contribution in [-0.4, -0.2) is 12.7 Å². The van der Waals surface area contributed by atoms with E-state index in [1.54, 1.807) is 7.11 Å². The second kappa shape index (κ2) is 6.89. The van der Waals surface area contributed by atoms with Crippen molar-refractivity contribution >= 4 is 0 Å². The molecule has 0 amide bonds. The van der Waals surface area contributed by atoms with Gasteiger partial charge < -0.3 is 9.47 Å². The predicted octanol–water partition coefficient (Wildman–Crippen LogP) is 4.21. The Morgan fingerprint density at radius 1 is 1.32 bits per heavy atom. The Morgan fingerprint density at radius 2 is 1.95 bits per heavy atom. The summed E-state index contributed by atoms with van der Waals surface area (Å²) < 4.78 is 11.2. The Labute approximate surface area is 116 Å². The molecule has 0 N–H and O–H groups in total. The van der Waals surface area contributed by atoms with Crippen LogP contribution in [0.3, 0.4) is 0 Å². The standard InChI is InChI=1S/C17H22O2/c1-6-17(4,13-9-10-14(2)3)19-16-12-8-7-11-15(16)18-5/h1,7-8,10-12H,9,13H2,2-5H3. The topological polar surface area (TPSA) is 18.5 Å². The van der Waals surface area contributed by atoms with Gasteiger partial charge in [-0.15, -0.1) is 6.42 Å². The van der Waals surface area contributed by atoms with Gasteiger partial charge in [0.05, 0.1) is 7.11 Å². The van der Waals surface area contributed by atoms with Crippen molar-refractivity contribution in [3.8, 4) is 23.8 Å². The first-order valence-corrected chi connectivity index (χ1v) is 6.44. The summed E-state index contributed by atoms with van der Waals surface area (Å²) in [5.74, 6) is 4.13. The van der Waals surface area contributed by atoms with E-state index in [9.17, 15) is 0 Å². The van der Waals surface area contributed by atoms with Gasteiger partial charge in [0, 0.05) is 6.42 Å². The molecule has 0 spiro atoms. The average molecular weight is 258 g/mol. The van der Waals surface area contributed by atoms with Gasteiger partial charge in [-0.1, -0.05) is 29.7 Å². The molecule has 1 aromatic rings. The summed E-state index contributed by atoms with van der Waals surface area (Å²) in [6.45, 7) is 6.08. The molecule has 2 nitrogen and oxygen atoms in total. The van der Waals surface area contributed by atoms with Gasteiger partial charge in [-0.05, 0) is 39.3 Å². The van der Waals surface area contributed by atoms with E-state index in [1.807, 2.05) is 31.2 Å². The monoisotopic (exact) mass is 258 g/mol. The third-order valence-corrected chi connectivity index (χ3v) is 2.88. The maximum Gasteiger partial charge on any atom is 0.166 e. The molecule has 0 radical (unpaired) electrons. The van der Waals surface area contributed by atoms with E-state index in [0.717, 1.165) is 12.8 Å². The van der Waals surface area contributed by atoms with E-state index < -0.39 is 5.60 Å². The van der Waals surface area contributed by atoms with Crippen LogP contribution in [-0.2, 0) is 0 Å². The van der Waals surface area contributed by atoms with Crippen LogP contribution in [0, 0.1) is 12.3 Å². The molecule has 0 saturated carbocycles. The van der Waals surface area contributed by atoms with Gasteiger partial charge >= 0.3 is 0 Å². The highest BCUT2D eigenvalue weighted by atomic mass is 16.5. The Hall–Kier alpha value is -1.88. The maximum absolute atomic E-state index is 5.96. The van der Waals surface area contributed by atoms with Gasteiger partial charge in [0.1, 0.15) is 0 Å². The summed E-state index contributed by atoms with van der Waals surface area (Å²) in [5, 5.41) is 0. The van der Waals surface area contributed by atoms with Crippen LogP contribution in [0.1, 0.15) is 33.6 Å². The van der Waals surface area contributed by atoms with Crippen LogP contribution in [0.2, 0.25) is 0 Å². The zero-order valence-corrected chi connectivity index (χ0v) is 12.2. The number of rotatable bonds is 6. The number of hydrogen-bond donors (Lipinski definition) is 0. The molecule has 2 heteroatoms. The summed E-state index contributed by atoms with van der Waals surface area (Å²) in [5.41, 5.74) is 0.664. The average Bonchev–Trinajstić information content (AvgIpc) is 2.39. The zero-order valence-electron chi connectivity index (χ0n) is 12.2. The highest BCUT2D eigenvalue weighted by Gasteiger charge is 2.24. The van der Waals surface area contributed by atoms with Gasteiger partial charge in [-0.2, -0.15) is 0 Å². The molecule has 1 aromatic carbocycles. The van der Waals surface area contributed by atoms with E-state index in [-0.39, 0.29) is 0 Å². The normalized spacial score (nSPS) is 13.0. The first-order chi connectivity index (χ1) is 9.00. The second-order valence-electron chi connectivity index (χ2n) is 4.95. The quantitative estimate of drug-likeness (QED) is 0.562. The molecule has 102 valence electrons. The van der Waals surface area contributed by atoms with E-state index in [4.69, 9.17) is 15.9 Å². The SMILES string of the molecule is C#CC(C)(CCC=C(C)C)Oc1ccccc1OC. The number of allylic oxidation sites excluding steroid dienone is 2. The number of para-hydroxylation sites is 2. The molecule has 0 aliphatic heterocycles. The number of hydrogen-bond acceptors (Lipinski definition) is 2. The van der Waals surface area contributed by atoms with E-state index in [2.05, 4.69) is 25.8 Å². The largest absolute Gasteiger partial charge is 0.493 e. The second-order valence-corrected chi connectivity index (χ2v) is 4.95. The van der Waals surface area contributed by atoms with E-state index in [1.165, 1.54) is 5.57 Å². The van der Waals surface area contributed by atoms with Crippen LogP contribution in [0.15, 0.2) is 35.9 Å². The molecule has 1 atom stereocenters. The minimum atomic E-state index is -0.624. The molecular formula is C17H22O2. The molecular weight excluding hydrogens is 236 g/mol. The van der Waals surface area contributed by atoms with Crippen LogP contribution in [0.5, 0.6) is 11.5 Å². The lowest BCUT2D eigenvalue weighted by Crippen LogP contribution is -2.30. The van der Waals surface area contributed by atoms with Gasteiger partial charge in [0.25, 0.3) is 0 Å². The third kappa shape index (κ3) is 4.71. The highest BCUT2D eigenvalue weighted by molar-refractivity contribution is 5.40. The van der Waals surface area contributed by atoms with Crippen molar-refractivity contribution in [3.05, 3.63) is 35.9 Å². The van der Waals surface area contributed by atoms with Crippen LogP contribution in [0.4, 0.5) is 0 Å². The van der Waals surface area contributed by atoms with E-state index >= 15 is 0 Å². The fourth-order valence-electron chi connectivity index (χ4n) is 1.73. The zero-order chi connectivity index (χ0) is 14.3. The Balaban J connectivity index is 2.80. The molecule has 0 aliphatic carbocycles. The number of methoxy groups -OCH3 is 1. The molecule has 0 fully saturated rings. The molecule has 19 heavy (non-hydrogen) atoms. The fraction of sp³-hybridized carbons (Fsp3) is 0.412. The molecule has 0 heterocycles. The molecule has 0 saturated heterocycles. The number of ether oxygens (including phenoxy) is 2. The molecule has 1 rings (SSSR count). The van der Waals surface area contributed by atoms with Crippen molar-refractivity contribution in [2.45, 2.75) is 39.2 Å². The maximum atomic E-state index is 5.96. The number of terminal acetylenes is 1. The van der Waals surface area contributed by atoms with Crippen LogP contribution in [0.25, 0.3) is 0 Å². The van der Waals surface area contributed by atoms with Gasteiger partial charge in [0.15, 0.2) is 17.1 Å². The molecule has 0 aliphatic rings. The van der Waals surface area contributed by atoms with Crippen molar-refractivity contribution in [2.75, 3.05) is 7.11 Å². The van der Waals surface area contributed by atoms with Crippen LogP contribution < -0.4 is 9.47 Å². The summed E-state index contributed by atoms with van der Waals surface area (Å²) in [4.78, 5) is 0. The van der Waals surface area contributed by atoms with Gasteiger partial charge in [-0.3, -0.25) is 0 Å². The lowest BCUT2D eigenvalue weighted by molar-refractivity contribution is 0.136. The highest BCUT2D eigenvalue weighted by Crippen LogP contribution is 2.31.